The van der Waals surface area contributed by atoms with E-state index in [1.807, 2.05) is 13.8 Å². The summed E-state index contributed by atoms with van der Waals surface area (Å²) in [7, 11) is 1.69. The van der Waals surface area contributed by atoms with Crippen LogP contribution in [0.25, 0.3) is 0 Å². The Bertz CT molecular complexity index is 648. The van der Waals surface area contributed by atoms with Crippen molar-refractivity contribution in [2.24, 2.45) is 7.05 Å². The van der Waals surface area contributed by atoms with Gasteiger partial charge in [-0.05, 0) is 17.4 Å². The first kappa shape index (κ1) is 15.0. The predicted molar refractivity (Wildman–Crippen MR) is 77.6 cm³/mol. The number of halogens is 1. The molecule has 2 aromatic heterocycles. The maximum Gasteiger partial charge on any atom is 0.336 e. The van der Waals surface area contributed by atoms with Gasteiger partial charge in [0.2, 0.25) is 0 Å². The Morgan fingerprint density at radius 3 is 2.70 bits per heavy atom. The van der Waals surface area contributed by atoms with Crippen LogP contribution < -0.4 is 0 Å². The van der Waals surface area contributed by atoms with Gasteiger partial charge >= 0.3 is 5.97 Å². The monoisotopic (exact) mass is 314 g/mol. The highest BCUT2D eigenvalue weighted by Gasteiger charge is 2.28. The topological polar surface area (TPSA) is 75.3 Å². The van der Waals surface area contributed by atoms with Crippen molar-refractivity contribution in [3.05, 3.63) is 38.3 Å². The van der Waals surface area contributed by atoms with Crippen molar-refractivity contribution in [2.75, 3.05) is 0 Å². The standard InChI is InChI=1S/C13H15ClN2O3S/c1-6(2)9-8(12(14)16(3)15-9)10(17)11-7(13(18)19)4-5-20-11/h4-6,10,17H,1-3H3,(H,18,19). The van der Waals surface area contributed by atoms with E-state index in [1.54, 1.807) is 12.4 Å². The number of aromatic carboxylic acids is 1. The number of nitrogens with zero attached hydrogens (tertiary/aromatic N) is 2. The summed E-state index contributed by atoms with van der Waals surface area (Å²) in [4.78, 5) is 11.5. The van der Waals surface area contributed by atoms with E-state index >= 15 is 0 Å². The molecule has 0 spiro atoms. The third-order valence-corrected chi connectivity index (χ3v) is 4.45. The van der Waals surface area contributed by atoms with Crippen LogP contribution in [-0.4, -0.2) is 26.0 Å². The predicted octanol–water partition coefficient (Wildman–Crippen LogP) is 3.04. The average Bonchev–Trinajstić information content (AvgIpc) is 2.95. The van der Waals surface area contributed by atoms with Gasteiger partial charge in [0.25, 0.3) is 0 Å². The van der Waals surface area contributed by atoms with Crippen LogP contribution in [-0.2, 0) is 7.05 Å². The van der Waals surface area contributed by atoms with E-state index in [1.165, 1.54) is 22.1 Å². The molecule has 2 heterocycles. The van der Waals surface area contributed by atoms with Crippen LogP contribution in [0.5, 0.6) is 0 Å². The molecule has 0 radical (unpaired) electrons. The molecule has 2 aromatic rings. The molecule has 0 aliphatic rings. The zero-order chi connectivity index (χ0) is 15.0. The number of carboxylic acid groups (broad SMARTS) is 1. The summed E-state index contributed by atoms with van der Waals surface area (Å²) >= 11 is 7.39. The largest absolute Gasteiger partial charge is 0.478 e. The Hall–Kier alpha value is -1.37. The Labute approximate surface area is 125 Å². The fourth-order valence-corrected chi connectivity index (χ4v) is 3.18. The molecule has 108 valence electrons. The zero-order valence-electron chi connectivity index (χ0n) is 11.3. The smallest absolute Gasteiger partial charge is 0.336 e. The third-order valence-electron chi connectivity index (χ3n) is 3.03. The van der Waals surface area contributed by atoms with Crippen LogP contribution in [0.2, 0.25) is 5.15 Å². The summed E-state index contributed by atoms with van der Waals surface area (Å²) in [5.41, 5.74) is 1.25. The number of aromatic nitrogens is 2. The number of thiophene rings is 1. The van der Waals surface area contributed by atoms with E-state index in [0.717, 1.165) is 0 Å². The zero-order valence-corrected chi connectivity index (χ0v) is 12.9. The summed E-state index contributed by atoms with van der Waals surface area (Å²) in [5, 5.41) is 26.0. The lowest BCUT2D eigenvalue weighted by molar-refractivity contribution is 0.0692. The van der Waals surface area contributed by atoms with Crippen molar-refractivity contribution in [3.8, 4) is 0 Å². The second kappa shape index (κ2) is 5.55. The molecule has 0 saturated carbocycles. The number of hydrogen-bond donors (Lipinski definition) is 2. The molecular formula is C13H15ClN2O3S. The maximum absolute atomic E-state index is 11.2. The van der Waals surface area contributed by atoms with E-state index in [0.29, 0.717) is 21.3 Å². The first-order valence-corrected chi connectivity index (χ1v) is 7.31. The van der Waals surface area contributed by atoms with Crippen molar-refractivity contribution in [2.45, 2.75) is 25.9 Å². The molecule has 0 aliphatic heterocycles. The van der Waals surface area contributed by atoms with Gasteiger partial charge in [0.05, 0.1) is 16.1 Å². The normalized spacial score (nSPS) is 12.9. The number of carbonyl (C=O) groups is 1. The Morgan fingerprint density at radius 1 is 1.50 bits per heavy atom. The van der Waals surface area contributed by atoms with Gasteiger partial charge in [0.15, 0.2) is 0 Å². The summed E-state index contributed by atoms with van der Waals surface area (Å²) in [6.45, 7) is 3.89. The number of aliphatic hydroxyl groups is 1. The highest BCUT2D eigenvalue weighted by molar-refractivity contribution is 7.10. The molecule has 1 unspecified atom stereocenters. The summed E-state index contributed by atoms with van der Waals surface area (Å²) in [6.07, 6.45) is -1.08. The van der Waals surface area contributed by atoms with Crippen LogP contribution in [0, 0.1) is 0 Å². The van der Waals surface area contributed by atoms with E-state index in [2.05, 4.69) is 5.10 Å². The number of rotatable bonds is 4. The molecule has 0 fully saturated rings. The van der Waals surface area contributed by atoms with E-state index in [4.69, 9.17) is 16.7 Å². The first-order chi connectivity index (χ1) is 9.34. The van der Waals surface area contributed by atoms with Gasteiger partial charge in [-0.2, -0.15) is 5.10 Å². The van der Waals surface area contributed by atoms with E-state index in [9.17, 15) is 9.90 Å². The summed E-state index contributed by atoms with van der Waals surface area (Å²) < 4.78 is 1.49. The number of aryl methyl sites for hydroxylation is 1. The van der Waals surface area contributed by atoms with E-state index in [-0.39, 0.29) is 11.5 Å². The molecular weight excluding hydrogens is 300 g/mol. The van der Waals surface area contributed by atoms with Crippen LogP contribution in [0.1, 0.15) is 52.4 Å². The van der Waals surface area contributed by atoms with Gasteiger partial charge in [0, 0.05) is 12.6 Å². The lowest BCUT2D eigenvalue weighted by Gasteiger charge is -2.12. The Kier molecular flexibility index (Phi) is 4.17. The minimum absolute atomic E-state index is 0.0755. The van der Waals surface area contributed by atoms with E-state index < -0.39 is 12.1 Å². The molecule has 0 aliphatic carbocycles. The van der Waals surface area contributed by atoms with Gasteiger partial charge in [-0.3, -0.25) is 4.68 Å². The molecule has 2 N–H and O–H groups in total. The second-order valence-corrected chi connectivity index (χ2v) is 6.08. The summed E-state index contributed by atoms with van der Waals surface area (Å²) in [5.74, 6) is -0.988. The molecule has 1 atom stereocenters. The molecule has 0 amide bonds. The number of hydrogen-bond acceptors (Lipinski definition) is 4. The van der Waals surface area contributed by atoms with Crippen LogP contribution in [0.3, 0.4) is 0 Å². The van der Waals surface area contributed by atoms with Crippen molar-refractivity contribution in [1.29, 1.82) is 0 Å². The van der Waals surface area contributed by atoms with Crippen molar-refractivity contribution in [1.82, 2.24) is 9.78 Å². The van der Waals surface area contributed by atoms with Crippen LogP contribution in [0.4, 0.5) is 0 Å². The van der Waals surface area contributed by atoms with Crippen molar-refractivity contribution >= 4 is 28.9 Å². The molecule has 7 heteroatoms. The SMILES string of the molecule is CC(C)c1nn(C)c(Cl)c1C(O)c1sccc1C(=O)O. The maximum atomic E-state index is 11.2. The minimum Gasteiger partial charge on any atom is -0.478 e. The molecule has 0 bridgehead atoms. The number of aliphatic hydroxyl groups excluding tert-OH is 1. The highest BCUT2D eigenvalue weighted by atomic mass is 35.5. The fourth-order valence-electron chi connectivity index (χ4n) is 2.06. The summed E-state index contributed by atoms with van der Waals surface area (Å²) in [6, 6.07) is 1.48. The fraction of sp³-hybridized carbons (Fsp3) is 0.385. The van der Waals surface area contributed by atoms with Gasteiger partial charge < -0.3 is 10.2 Å². The quantitative estimate of drug-likeness (QED) is 0.909. The molecule has 2 rings (SSSR count). The second-order valence-electron chi connectivity index (χ2n) is 4.77. The molecule has 0 aromatic carbocycles. The van der Waals surface area contributed by atoms with Gasteiger partial charge in [0.1, 0.15) is 11.3 Å². The third kappa shape index (κ3) is 2.46. The van der Waals surface area contributed by atoms with Gasteiger partial charge in [-0.1, -0.05) is 25.4 Å². The highest BCUT2D eigenvalue weighted by Crippen LogP contribution is 2.37. The van der Waals surface area contributed by atoms with Crippen LogP contribution >= 0.6 is 22.9 Å². The van der Waals surface area contributed by atoms with Gasteiger partial charge in [-0.15, -0.1) is 11.3 Å². The number of carboxylic acids is 1. The average molecular weight is 315 g/mol. The van der Waals surface area contributed by atoms with Crippen molar-refractivity contribution < 1.29 is 15.0 Å². The molecule has 5 nitrogen and oxygen atoms in total. The minimum atomic E-state index is -1.08. The Balaban J connectivity index is 2.56. The van der Waals surface area contributed by atoms with Crippen LogP contribution in [0.15, 0.2) is 11.4 Å². The first-order valence-electron chi connectivity index (χ1n) is 6.05. The molecule has 0 saturated heterocycles. The van der Waals surface area contributed by atoms with Gasteiger partial charge in [-0.25, -0.2) is 4.79 Å². The lowest BCUT2D eigenvalue weighted by atomic mass is 10.00. The van der Waals surface area contributed by atoms with Crippen molar-refractivity contribution in [3.63, 3.8) is 0 Å². The lowest BCUT2D eigenvalue weighted by Crippen LogP contribution is -2.07. The molecule has 20 heavy (non-hydrogen) atoms. The Morgan fingerprint density at radius 2 is 2.15 bits per heavy atom.